The molecule has 0 radical (unpaired) electrons. The van der Waals surface area contributed by atoms with E-state index in [-0.39, 0.29) is 0 Å². The maximum atomic E-state index is 4.68. The molecule has 1 aromatic heterocycles. The molecule has 3 aromatic carbocycles. The van der Waals surface area contributed by atoms with Gasteiger partial charge in [0.05, 0.1) is 0 Å². The third-order valence-corrected chi connectivity index (χ3v) is 3.86. The first kappa shape index (κ1) is 14.3. The Kier molecular flexibility index (Phi) is 3.82. The second-order valence-corrected chi connectivity index (χ2v) is 5.41. The largest absolute Gasteiger partial charge is 0.217 e. The SMILES string of the molecule is c1ccc(-c2ncnc(-c3ccccc3-c3ccccc3)n2)cc1. The molecule has 0 aliphatic carbocycles. The van der Waals surface area contributed by atoms with Gasteiger partial charge in [-0.2, -0.15) is 0 Å². The average molecular weight is 309 g/mol. The zero-order valence-corrected chi connectivity index (χ0v) is 13.0. The van der Waals surface area contributed by atoms with Crippen molar-refractivity contribution in [1.29, 1.82) is 0 Å². The van der Waals surface area contributed by atoms with E-state index in [1.165, 1.54) is 0 Å². The molecule has 0 fully saturated rings. The predicted octanol–water partition coefficient (Wildman–Crippen LogP) is 4.87. The van der Waals surface area contributed by atoms with Gasteiger partial charge < -0.3 is 0 Å². The maximum absolute atomic E-state index is 4.68. The van der Waals surface area contributed by atoms with Gasteiger partial charge in [-0.1, -0.05) is 84.9 Å². The van der Waals surface area contributed by atoms with Crippen LogP contribution in [0.25, 0.3) is 33.9 Å². The highest BCUT2D eigenvalue weighted by atomic mass is 15.0. The monoisotopic (exact) mass is 309 g/mol. The molecule has 0 aliphatic heterocycles. The summed E-state index contributed by atoms with van der Waals surface area (Å²) in [6.45, 7) is 0. The molecular weight excluding hydrogens is 294 g/mol. The summed E-state index contributed by atoms with van der Waals surface area (Å²) in [4.78, 5) is 13.4. The Morgan fingerprint density at radius 1 is 0.458 bits per heavy atom. The summed E-state index contributed by atoms with van der Waals surface area (Å²) in [6, 6.07) is 28.4. The van der Waals surface area contributed by atoms with Gasteiger partial charge in [-0.3, -0.25) is 0 Å². The highest BCUT2D eigenvalue weighted by Gasteiger charge is 2.11. The smallest absolute Gasteiger partial charge is 0.163 e. The van der Waals surface area contributed by atoms with Gasteiger partial charge in [0.15, 0.2) is 11.6 Å². The molecule has 0 bridgehead atoms. The lowest BCUT2D eigenvalue weighted by Crippen LogP contribution is -1.96. The quantitative estimate of drug-likeness (QED) is 0.542. The minimum Gasteiger partial charge on any atom is -0.217 e. The topological polar surface area (TPSA) is 38.7 Å². The van der Waals surface area contributed by atoms with E-state index in [1.54, 1.807) is 6.33 Å². The first-order valence-corrected chi connectivity index (χ1v) is 7.81. The minimum absolute atomic E-state index is 0.684. The highest BCUT2D eigenvalue weighted by molar-refractivity contribution is 5.80. The first-order chi connectivity index (χ1) is 11.9. The Morgan fingerprint density at radius 2 is 1.00 bits per heavy atom. The fourth-order valence-electron chi connectivity index (χ4n) is 2.70. The molecule has 24 heavy (non-hydrogen) atoms. The van der Waals surface area contributed by atoms with Crippen LogP contribution < -0.4 is 0 Å². The van der Waals surface area contributed by atoms with E-state index in [2.05, 4.69) is 33.2 Å². The molecule has 0 saturated carbocycles. The summed E-state index contributed by atoms with van der Waals surface area (Å²) in [5.74, 6) is 1.37. The fourth-order valence-corrected chi connectivity index (χ4v) is 2.70. The lowest BCUT2D eigenvalue weighted by atomic mass is 9.99. The van der Waals surface area contributed by atoms with Crippen LogP contribution in [-0.2, 0) is 0 Å². The van der Waals surface area contributed by atoms with Crippen LogP contribution in [0.15, 0.2) is 91.3 Å². The molecule has 0 unspecified atom stereocenters. The van der Waals surface area contributed by atoms with Crippen LogP contribution in [-0.4, -0.2) is 15.0 Å². The van der Waals surface area contributed by atoms with Crippen molar-refractivity contribution in [2.45, 2.75) is 0 Å². The first-order valence-electron chi connectivity index (χ1n) is 7.81. The summed E-state index contributed by atoms with van der Waals surface area (Å²) < 4.78 is 0. The normalized spacial score (nSPS) is 10.5. The van der Waals surface area contributed by atoms with E-state index in [0.29, 0.717) is 11.6 Å². The summed E-state index contributed by atoms with van der Waals surface area (Å²) in [5.41, 5.74) is 4.25. The van der Waals surface area contributed by atoms with Crippen LogP contribution in [0, 0.1) is 0 Å². The van der Waals surface area contributed by atoms with Gasteiger partial charge in [-0.25, -0.2) is 15.0 Å². The Hall–Kier alpha value is -3.33. The van der Waals surface area contributed by atoms with Crippen LogP contribution in [0.4, 0.5) is 0 Å². The molecule has 3 nitrogen and oxygen atoms in total. The third kappa shape index (κ3) is 2.79. The lowest BCUT2D eigenvalue weighted by molar-refractivity contribution is 1.07. The van der Waals surface area contributed by atoms with Crippen molar-refractivity contribution in [3.63, 3.8) is 0 Å². The molecule has 1 heterocycles. The van der Waals surface area contributed by atoms with Gasteiger partial charge in [0.2, 0.25) is 0 Å². The molecule has 0 N–H and O–H groups in total. The fraction of sp³-hybridized carbons (Fsp3) is 0. The summed E-state index contributed by atoms with van der Waals surface area (Å²) in [5, 5.41) is 0. The van der Waals surface area contributed by atoms with Gasteiger partial charge in [-0.15, -0.1) is 0 Å². The molecule has 0 amide bonds. The van der Waals surface area contributed by atoms with Crippen molar-refractivity contribution < 1.29 is 0 Å². The Morgan fingerprint density at radius 3 is 1.71 bits per heavy atom. The number of hydrogen-bond donors (Lipinski definition) is 0. The molecule has 3 heteroatoms. The van der Waals surface area contributed by atoms with E-state index in [1.807, 2.05) is 66.7 Å². The Balaban J connectivity index is 1.84. The predicted molar refractivity (Wildman–Crippen MR) is 96.1 cm³/mol. The van der Waals surface area contributed by atoms with Crippen molar-refractivity contribution in [3.8, 4) is 33.9 Å². The number of aromatic nitrogens is 3. The minimum atomic E-state index is 0.684. The van der Waals surface area contributed by atoms with E-state index in [4.69, 9.17) is 0 Å². The average Bonchev–Trinajstić information content (AvgIpc) is 2.69. The van der Waals surface area contributed by atoms with E-state index in [0.717, 1.165) is 22.3 Å². The van der Waals surface area contributed by atoms with Crippen molar-refractivity contribution in [3.05, 3.63) is 91.3 Å². The molecule has 0 saturated heterocycles. The number of benzene rings is 3. The van der Waals surface area contributed by atoms with Crippen LogP contribution in [0.3, 0.4) is 0 Å². The summed E-state index contributed by atoms with van der Waals surface area (Å²) >= 11 is 0. The van der Waals surface area contributed by atoms with Gasteiger partial charge in [0, 0.05) is 11.1 Å². The third-order valence-electron chi connectivity index (χ3n) is 3.86. The van der Waals surface area contributed by atoms with Crippen LogP contribution in [0.2, 0.25) is 0 Å². The molecule has 114 valence electrons. The second-order valence-electron chi connectivity index (χ2n) is 5.41. The van der Waals surface area contributed by atoms with E-state index < -0.39 is 0 Å². The van der Waals surface area contributed by atoms with Gasteiger partial charge in [0.1, 0.15) is 6.33 Å². The van der Waals surface area contributed by atoms with Crippen molar-refractivity contribution in [2.24, 2.45) is 0 Å². The molecule has 0 aliphatic rings. The molecule has 0 spiro atoms. The standard InChI is InChI=1S/C21H15N3/c1-3-9-16(10-4-1)18-13-7-8-14-19(18)21-23-15-22-20(24-21)17-11-5-2-6-12-17/h1-15H. The van der Waals surface area contributed by atoms with Gasteiger partial charge in [0.25, 0.3) is 0 Å². The van der Waals surface area contributed by atoms with Gasteiger partial charge in [-0.05, 0) is 11.1 Å². The lowest BCUT2D eigenvalue weighted by Gasteiger charge is -2.09. The van der Waals surface area contributed by atoms with Crippen molar-refractivity contribution in [1.82, 2.24) is 15.0 Å². The maximum Gasteiger partial charge on any atom is 0.163 e. The molecule has 4 rings (SSSR count). The van der Waals surface area contributed by atoms with Crippen molar-refractivity contribution >= 4 is 0 Å². The molecular formula is C21H15N3. The van der Waals surface area contributed by atoms with Crippen LogP contribution in [0.5, 0.6) is 0 Å². The zero-order valence-electron chi connectivity index (χ0n) is 13.0. The van der Waals surface area contributed by atoms with Crippen molar-refractivity contribution in [2.75, 3.05) is 0 Å². The highest BCUT2D eigenvalue weighted by Crippen LogP contribution is 2.30. The number of rotatable bonds is 3. The molecule has 4 aromatic rings. The van der Waals surface area contributed by atoms with E-state index in [9.17, 15) is 0 Å². The van der Waals surface area contributed by atoms with Crippen LogP contribution in [0.1, 0.15) is 0 Å². The number of nitrogens with zero attached hydrogens (tertiary/aromatic N) is 3. The Bertz CT molecular complexity index is 951. The van der Waals surface area contributed by atoms with Gasteiger partial charge >= 0.3 is 0 Å². The van der Waals surface area contributed by atoms with E-state index >= 15 is 0 Å². The summed E-state index contributed by atoms with van der Waals surface area (Å²) in [7, 11) is 0. The Labute approximate surface area is 140 Å². The number of hydrogen-bond acceptors (Lipinski definition) is 3. The second kappa shape index (κ2) is 6.42. The van der Waals surface area contributed by atoms with Crippen LogP contribution >= 0.6 is 0 Å². The zero-order chi connectivity index (χ0) is 16.2. The molecule has 0 atom stereocenters. The summed E-state index contributed by atoms with van der Waals surface area (Å²) in [6.07, 6.45) is 1.58.